The van der Waals surface area contributed by atoms with Gasteiger partial charge in [-0.2, -0.15) is 0 Å². The summed E-state index contributed by atoms with van der Waals surface area (Å²) < 4.78 is 15.1. The topological polar surface area (TPSA) is 95.7 Å². The van der Waals surface area contributed by atoms with Crippen LogP contribution in [0.5, 0.6) is 0 Å². The van der Waals surface area contributed by atoms with E-state index >= 15 is 0 Å². The van der Waals surface area contributed by atoms with Crippen molar-refractivity contribution in [1.29, 1.82) is 0 Å². The molecule has 2 aromatic carbocycles. The summed E-state index contributed by atoms with van der Waals surface area (Å²) in [6.07, 6.45) is 1.83. The first kappa shape index (κ1) is 23.6. The molecule has 4 rings (SSSR count). The van der Waals surface area contributed by atoms with Crippen LogP contribution in [-0.4, -0.2) is 45.5 Å². The average Bonchev–Trinajstić information content (AvgIpc) is 3.37. The van der Waals surface area contributed by atoms with Crippen molar-refractivity contribution in [2.45, 2.75) is 26.3 Å². The van der Waals surface area contributed by atoms with Crippen molar-refractivity contribution < 1.29 is 19.1 Å². The molecule has 0 aliphatic rings. The number of aryl methyl sites for hydroxylation is 1. The highest BCUT2D eigenvalue weighted by atomic mass is 32.1. The van der Waals surface area contributed by atoms with E-state index in [2.05, 4.69) is 15.6 Å². The summed E-state index contributed by atoms with van der Waals surface area (Å²) in [7, 11) is 1.55. The molecular weight excluding hydrogens is 455 g/mol. The maximum atomic E-state index is 13.4. The number of carbonyl (C=O) groups excluding carboxylic acids is 2. The number of carbonyl (C=O) groups is 2. The van der Waals surface area contributed by atoms with Crippen LogP contribution < -0.4 is 10.6 Å². The van der Waals surface area contributed by atoms with Gasteiger partial charge in [-0.1, -0.05) is 17.4 Å². The quantitative estimate of drug-likeness (QED) is 0.388. The lowest BCUT2D eigenvalue weighted by atomic mass is 10.0. The molecule has 0 fully saturated rings. The third-order valence-electron chi connectivity index (χ3n) is 5.50. The summed E-state index contributed by atoms with van der Waals surface area (Å²) in [6.45, 7) is 5.25. The van der Waals surface area contributed by atoms with Crippen LogP contribution >= 0.6 is 11.3 Å². The number of hydrogen-bond acceptors (Lipinski definition) is 5. The molecule has 0 aliphatic heterocycles. The van der Waals surface area contributed by atoms with Gasteiger partial charge in [0, 0.05) is 24.4 Å². The van der Waals surface area contributed by atoms with Gasteiger partial charge in [-0.3, -0.25) is 14.0 Å². The van der Waals surface area contributed by atoms with Gasteiger partial charge in [0.05, 0.1) is 17.0 Å². The number of aromatic nitrogens is 2. The molecule has 0 unspecified atom stereocenters. The van der Waals surface area contributed by atoms with Crippen molar-refractivity contribution in [1.82, 2.24) is 20.0 Å². The average molecular weight is 481 g/mol. The molecule has 0 radical (unpaired) electrons. The molecule has 2 amide bonds. The minimum absolute atomic E-state index is 0.182. The van der Waals surface area contributed by atoms with Crippen LogP contribution in [0.2, 0.25) is 0 Å². The fourth-order valence-electron chi connectivity index (χ4n) is 3.56. The van der Waals surface area contributed by atoms with Crippen LogP contribution in [0, 0.1) is 12.7 Å². The number of nitrogens with one attached hydrogen (secondary N) is 2. The van der Waals surface area contributed by atoms with E-state index in [9.17, 15) is 19.1 Å². The molecule has 0 bridgehead atoms. The van der Waals surface area contributed by atoms with Crippen LogP contribution in [0.3, 0.4) is 0 Å². The van der Waals surface area contributed by atoms with E-state index in [1.54, 1.807) is 49.6 Å². The van der Waals surface area contributed by atoms with Crippen LogP contribution in [-0.2, 0) is 0 Å². The minimum Gasteiger partial charge on any atom is -0.394 e. The number of amides is 2. The Labute approximate surface area is 200 Å². The fraction of sp³-hybridized carbons (Fsp3) is 0.240. The summed E-state index contributed by atoms with van der Waals surface area (Å²) in [5, 5.41) is 14.9. The molecule has 176 valence electrons. The lowest BCUT2D eigenvalue weighted by molar-refractivity contribution is 0.0868. The first-order valence-electron chi connectivity index (χ1n) is 10.7. The van der Waals surface area contributed by atoms with Gasteiger partial charge < -0.3 is 15.7 Å². The zero-order chi connectivity index (χ0) is 24.6. The number of rotatable bonds is 6. The number of halogens is 1. The Morgan fingerprint density at radius 2 is 1.85 bits per heavy atom. The molecule has 0 aliphatic carbocycles. The van der Waals surface area contributed by atoms with E-state index in [1.807, 2.05) is 19.2 Å². The molecule has 0 saturated carbocycles. The Morgan fingerprint density at radius 1 is 1.15 bits per heavy atom. The van der Waals surface area contributed by atoms with Crippen LogP contribution in [0.1, 0.15) is 40.3 Å². The highest BCUT2D eigenvalue weighted by Crippen LogP contribution is 2.35. The zero-order valence-electron chi connectivity index (χ0n) is 19.3. The molecule has 2 heterocycles. The molecule has 0 saturated heterocycles. The Bertz CT molecular complexity index is 1390. The van der Waals surface area contributed by atoms with Gasteiger partial charge in [-0.05, 0) is 68.3 Å². The number of aliphatic hydroxyl groups is 1. The predicted molar refractivity (Wildman–Crippen MR) is 131 cm³/mol. The lowest BCUT2D eigenvalue weighted by Crippen LogP contribution is -2.46. The van der Waals surface area contributed by atoms with E-state index in [4.69, 9.17) is 0 Å². The molecule has 2 aromatic heterocycles. The number of nitrogens with zero attached hydrogens (tertiary/aromatic N) is 2. The van der Waals surface area contributed by atoms with Crippen LogP contribution in [0.15, 0.2) is 48.7 Å². The third kappa shape index (κ3) is 4.44. The monoisotopic (exact) mass is 480 g/mol. The van der Waals surface area contributed by atoms with Crippen LogP contribution in [0.25, 0.3) is 26.7 Å². The zero-order valence-corrected chi connectivity index (χ0v) is 20.1. The summed E-state index contributed by atoms with van der Waals surface area (Å²) in [4.78, 5) is 31.6. The smallest absolute Gasteiger partial charge is 0.270 e. The Balaban J connectivity index is 1.79. The summed E-state index contributed by atoms with van der Waals surface area (Å²) in [6, 6.07) is 11.2. The second-order valence-corrected chi connectivity index (χ2v) is 9.68. The van der Waals surface area contributed by atoms with Gasteiger partial charge in [0.2, 0.25) is 0 Å². The van der Waals surface area contributed by atoms with Crippen molar-refractivity contribution in [3.63, 3.8) is 0 Å². The lowest BCUT2D eigenvalue weighted by Gasteiger charge is -2.23. The summed E-state index contributed by atoms with van der Waals surface area (Å²) in [5.74, 6) is -0.964. The van der Waals surface area contributed by atoms with Crippen molar-refractivity contribution in [2.75, 3.05) is 13.7 Å². The molecule has 0 atom stereocenters. The Morgan fingerprint density at radius 3 is 2.50 bits per heavy atom. The molecule has 7 nitrogen and oxygen atoms in total. The predicted octanol–water partition coefficient (Wildman–Crippen LogP) is 4.04. The first-order chi connectivity index (χ1) is 16.1. The number of fused-ring (bicyclic) bond motifs is 1. The number of imidazole rings is 1. The second kappa shape index (κ2) is 9.00. The summed E-state index contributed by atoms with van der Waals surface area (Å²) >= 11 is 1.39. The van der Waals surface area contributed by atoms with E-state index in [0.29, 0.717) is 27.5 Å². The number of benzene rings is 2. The van der Waals surface area contributed by atoms with Gasteiger partial charge in [0.15, 0.2) is 4.96 Å². The van der Waals surface area contributed by atoms with Crippen LogP contribution in [0.4, 0.5) is 4.39 Å². The molecule has 4 aromatic rings. The van der Waals surface area contributed by atoms with E-state index in [1.165, 1.54) is 23.5 Å². The fourth-order valence-corrected chi connectivity index (χ4v) is 4.63. The minimum atomic E-state index is -0.745. The van der Waals surface area contributed by atoms with Crippen molar-refractivity contribution in [2.24, 2.45) is 0 Å². The van der Waals surface area contributed by atoms with E-state index in [0.717, 1.165) is 16.0 Å². The van der Waals surface area contributed by atoms with Crippen molar-refractivity contribution in [3.8, 4) is 21.7 Å². The van der Waals surface area contributed by atoms with Gasteiger partial charge in [0.25, 0.3) is 11.8 Å². The third-order valence-corrected chi connectivity index (χ3v) is 6.51. The van der Waals surface area contributed by atoms with Gasteiger partial charge in [-0.25, -0.2) is 9.37 Å². The standard InChI is InChI=1S/C25H25FN4O3S/c1-14-5-6-16(22(32)29-25(2,3)13-31)11-18(14)19-12-30-21(23(33)27-4)20(28-24(30)34-19)15-7-9-17(26)10-8-15/h5-12,31H,13H2,1-4H3,(H,27,33)(H,29,32). The van der Waals surface area contributed by atoms with E-state index in [-0.39, 0.29) is 24.2 Å². The molecule has 0 spiro atoms. The Hall–Kier alpha value is -3.56. The highest BCUT2D eigenvalue weighted by molar-refractivity contribution is 7.20. The maximum absolute atomic E-state index is 13.4. The maximum Gasteiger partial charge on any atom is 0.270 e. The van der Waals surface area contributed by atoms with Crippen molar-refractivity contribution in [3.05, 3.63) is 71.3 Å². The number of hydrogen-bond donors (Lipinski definition) is 3. The van der Waals surface area contributed by atoms with E-state index < -0.39 is 5.54 Å². The SMILES string of the molecule is CNC(=O)c1c(-c2ccc(F)cc2)nc2sc(-c3cc(C(=O)NC(C)(C)CO)ccc3C)cn12. The Kier molecular flexibility index (Phi) is 6.24. The molecule has 34 heavy (non-hydrogen) atoms. The summed E-state index contributed by atoms with van der Waals surface area (Å²) in [5.41, 5.74) is 2.98. The first-order valence-corrected chi connectivity index (χ1v) is 11.5. The molecular formula is C25H25FN4O3S. The van der Waals surface area contributed by atoms with Gasteiger partial charge in [-0.15, -0.1) is 0 Å². The largest absolute Gasteiger partial charge is 0.394 e. The number of thiazole rings is 1. The van der Waals surface area contributed by atoms with Crippen molar-refractivity contribution >= 4 is 28.1 Å². The molecule has 9 heteroatoms. The normalized spacial score (nSPS) is 11.6. The molecule has 3 N–H and O–H groups in total. The number of aliphatic hydroxyl groups excluding tert-OH is 1. The second-order valence-electron chi connectivity index (χ2n) is 8.67. The van der Waals surface area contributed by atoms with Gasteiger partial charge in [0.1, 0.15) is 17.2 Å². The van der Waals surface area contributed by atoms with Gasteiger partial charge >= 0.3 is 0 Å². The highest BCUT2D eigenvalue weighted by Gasteiger charge is 2.24.